The number of benzene rings is 1. The number of urea groups is 1. The Balaban J connectivity index is 1.32. The lowest BCUT2D eigenvalue weighted by atomic mass is 10.1. The first-order valence-electron chi connectivity index (χ1n) is 9.82. The number of ether oxygens (including phenoxy) is 2. The van der Waals surface area contributed by atoms with Crippen LogP contribution in [0.25, 0.3) is 0 Å². The van der Waals surface area contributed by atoms with Crippen molar-refractivity contribution < 1.29 is 14.3 Å². The molecule has 0 aliphatic carbocycles. The molecule has 1 atom stereocenters. The minimum absolute atomic E-state index is 0.169. The molecule has 0 aromatic heterocycles. The van der Waals surface area contributed by atoms with Crippen LogP contribution in [-0.2, 0) is 9.47 Å². The summed E-state index contributed by atoms with van der Waals surface area (Å²) in [6, 6.07) is 5.95. The molecule has 2 aliphatic heterocycles. The Morgan fingerprint density at radius 2 is 2.15 bits per heavy atom. The van der Waals surface area contributed by atoms with Crippen LogP contribution in [0.4, 0.5) is 16.2 Å². The van der Waals surface area contributed by atoms with Gasteiger partial charge >= 0.3 is 6.03 Å². The number of amides is 2. The van der Waals surface area contributed by atoms with Gasteiger partial charge in [-0.1, -0.05) is 0 Å². The Kier molecular flexibility index (Phi) is 7.14. The van der Waals surface area contributed by atoms with E-state index in [1.807, 2.05) is 12.1 Å². The van der Waals surface area contributed by atoms with Crippen LogP contribution < -0.4 is 15.5 Å². The minimum Gasteiger partial charge on any atom is -0.379 e. The maximum absolute atomic E-state index is 12.0. The van der Waals surface area contributed by atoms with Crippen LogP contribution in [0, 0.1) is 6.92 Å². The second-order valence-electron chi connectivity index (χ2n) is 7.14. The summed E-state index contributed by atoms with van der Waals surface area (Å²) in [5.41, 5.74) is 3.31. The van der Waals surface area contributed by atoms with Crippen LogP contribution in [0.3, 0.4) is 0 Å². The fourth-order valence-electron chi connectivity index (χ4n) is 3.59. The van der Waals surface area contributed by atoms with Crippen molar-refractivity contribution in [2.75, 3.05) is 49.7 Å². The molecule has 6 heteroatoms. The van der Waals surface area contributed by atoms with Crippen LogP contribution in [0.2, 0.25) is 0 Å². The largest absolute Gasteiger partial charge is 0.379 e. The number of nitrogens with zero attached hydrogens (tertiary/aromatic N) is 1. The molecular weight excluding hydrogens is 330 g/mol. The highest BCUT2D eigenvalue weighted by Gasteiger charge is 2.15. The molecule has 2 saturated heterocycles. The van der Waals surface area contributed by atoms with Gasteiger partial charge in [-0.2, -0.15) is 0 Å². The van der Waals surface area contributed by atoms with Gasteiger partial charge in [0.2, 0.25) is 0 Å². The highest BCUT2D eigenvalue weighted by Crippen LogP contribution is 2.26. The lowest BCUT2D eigenvalue weighted by Gasteiger charge is -2.20. The van der Waals surface area contributed by atoms with Gasteiger partial charge in [0.05, 0.1) is 12.7 Å². The summed E-state index contributed by atoms with van der Waals surface area (Å²) in [6.07, 6.45) is 5.81. The van der Waals surface area contributed by atoms with Crippen LogP contribution in [0.1, 0.15) is 37.7 Å². The number of carbonyl (C=O) groups excluding carboxylic acids is 1. The molecule has 2 N–H and O–H groups in total. The van der Waals surface area contributed by atoms with Gasteiger partial charge in [0, 0.05) is 44.2 Å². The molecule has 0 saturated carbocycles. The molecule has 1 aromatic rings. The standard InChI is InChI=1S/C20H31N3O3/c1-16-14-17(7-8-19(16)23-10-2-3-11-23)22-20(24)21-9-5-12-25-15-18-6-4-13-26-18/h7-8,14,18H,2-6,9-13,15H2,1H3,(H2,21,22,24). The first-order chi connectivity index (χ1) is 12.7. The third-order valence-corrected chi connectivity index (χ3v) is 4.98. The number of anilines is 2. The van der Waals surface area contributed by atoms with E-state index in [2.05, 4.69) is 28.5 Å². The average molecular weight is 361 g/mol. The summed E-state index contributed by atoms with van der Waals surface area (Å²) >= 11 is 0. The maximum Gasteiger partial charge on any atom is 0.319 e. The molecule has 2 heterocycles. The van der Waals surface area contributed by atoms with E-state index in [1.54, 1.807) is 0 Å². The van der Waals surface area contributed by atoms with Crippen molar-refractivity contribution >= 4 is 17.4 Å². The Morgan fingerprint density at radius 1 is 1.31 bits per heavy atom. The molecule has 26 heavy (non-hydrogen) atoms. The van der Waals surface area contributed by atoms with E-state index in [1.165, 1.54) is 24.1 Å². The Morgan fingerprint density at radius 3 is 2.88 bits per heavy atom. The van der Waals surface area contributed by atoms with Crippen molar-refractivity contribution in [3.63, 3.8) is 0 Å². The van der Waals surface area contributed by atoms with E-state index in [0.29, 0.717) is 19.8 Å². The van der Waals surface area contributed by atoms with Crippen molar-refractivity contribution in [2.24, 2.45) is 0 Å². The van der Waals surface area contributed by atoms with Crippen LogP contribution >= 0.6 is 0 Å². The Labute approximate surface area is 156 Å². The summed E-state index contributed by atoms with van der Waals surface area (Å²) in [6.45, 7) is 7.11. The Hall–Kier alpha value is -1.79. The summed E-state index contributed by atoms with van der Waals surface area (Å²) < 4.78 is 11.1. The first kappa shape index (κ1) is 19.0. The summed E-state index contributed by atoms with van der Waals surface area (Å²) in [4.78, 5) is 14.4. The quantitative estimate of drug-likeness (QED) is 0.698. The van der Waals surface area contributed by atoms with Crippen molar-refractivity contribution in [1.29, 1.82) is 0 Å². The minimum atomic E-state index is -0.169. The fourth-order valence-corrected chi connectivity index (χ4v) is 3.59. The van der Waals surface area contributed by atoms with E-state index in [-0.39, 0.29) is 12.1 Å². The number of hydrogen-bond donors (Lipinski definition) is 2. The van der Waals surface area contributed by atoms with Gasteiger partial charge in [0.1, 0.15) is 0 Å². The van der Waals surface area contributed by atoms with Crippen molar-refractivity contribution in [3.05, 3.63) is 23.8 Å². The number of hydrogen-bond acceptors (Lipinski definition) is 4. The number of aryl methyl sites for hydroxylation is 1. The van der Waals surface area contributed by atoms with E-state index >= 15 is 0 Å². The highest BCUT2D eigenvalue weighted by molar-refractivity contribution is 5.89. The summed E-state index contributed by atoms with van der Waals surface area (Å²) in [7, 11) is 0. The van der Waals surface area contributed by atoms with Gasteiger partial charge in [-0.25, -0.2) is 4.79 Å². The number of rotatable bonds is 8. The average Bonchev–Trinajstić information content (AvgIpc) is 3.32. The molecule has 144 valence electrons. The van der Waals surface area contributed by atoms with Crippen LogP contribution in [0.15, 0.2) is 18.2 Å². The summed E-state index contributed by atoms with van der Waals surface area (Å²) in [5.74, 6) is 0. The zero-order valence-corrected chi connectivity index (χ0v) is 15.8. The molecule has 6 nitrogen and oxygen atoms in total. The van der Waals surface area contributed by atoms with Gasteiger partial charge in [-0.05, 0) is 62.8 Å². The Bertz CT molecular complexity index is 582. The van der Waals surface area contributed by atoms with Gasteiger partial charge in [-0.3, -0.25) is 0 Å². The fraction of sp³-hybridized carbons (Fsp3) is 0.650. The molecule has 1 unspecified atom stereocenters. The van der Waals surface area contributed by atoms with Crippen LogP contribution in [-0.4, -0.2) is 51.6 Å². The zero-order chi connectivity index (χ0) is 18.2. The SMILES string of the molecule is Cc1cc(NC(=O)NCCCOCC2CCCO2)ccc1N1CCCC1. The van der Waals surface area contributed by atoms with E-state index in [4.69, 9.17) is 9.47 Å². The van der Waals surface area contributed by atoms with E-state index in [0.717, 1.165) is 44.6 Å². The predicted molar refractivity (Wildman–Crippen MR) is 104 cm³/mol. The third-order valence-electron chi connectivity index (χ3n) is 4.98. The van der Waals surface area contributed by atoms with Crippen LogP contribution in [0.5, 0.6) is 0 Å². The zero-order valence-electron chi connectivity index (χ0n) is 15.8. The van der Waals surface area contributed by atoms with Crippen molar-refractivity contribution in [1.82, 2.24) is 5.32 Å². The van der Waals surface area contributed by atoms with E-state index < -0.39 is 0 Å². The normalized spacial score (nSPS) is 19.7. The smallest absolute Gasteiger partial charge is 0.319 e. The maximum atomic E-state index is 12.0. The number of nitrogens with one attached hydrogen (secondary N) is 2. The molecule has 1 aromatic carbocycles. The summed E-state index contributed by atoms with van der Waals surface area (Å²) in [5, 5.41) is 5.78. The number of carbonyl (C=O) groups is 1. The molecule has 2 fully saturated rings. The molecule has 0 spiro atoms. The van der Waals surface area contributed by atoms with E-state index in [9.17, 15) is 4.79 Å². The molecule has 2 amide bonds. The molecule has 0 radical (unpaired) electrons. The van der Waals surface area contributed by atoms with Gasteiger partial charge in [-0.15, -0.1) is 0 Å². The third kappa shape index (κ3) is 5.61. The predicted octanol–water partition coefficient (Wildman–Crippen LogP) is 3.30. The molecule has 2 aliphatic rings. The van der Waals surface area contributed by atoms with Gasteiger partial charge < -0.3 is 25.0 Å². The van der Waals surface area contributed by atoms with Gasteiger partial charge in [0.25, 0.3) is 0 Å². The lowest BCUT2D eigenvalue weighted by molar-refractivity contribution is 0.0168. The first-order valence-corrected chi connectivity index (χ1v) is 9.82. The molecular formula is C20H31N3O3. The molecule has 3 rings (SSSR count). The second-order valence-corrected chi connectivity index (χ2v) is 7.14. The lowest BCUT2D eigenvalue weighted by Crippen LogP contribution is -2.30. The van der Waals surface area contributed by atoms with Crippen molar-refractivity contribution in [3.8, 4) is 0 Å². The monoisotopic (exact) mass is 361 g/mol. The topological polar surface area (TPSA) is 62.8 Å². The van der Waals surface area contributed by atoms with Crippen molar-refractivity contribution in [2.45, 2.75) is 45.1 Å². The highest BCUT2D eigenvalue weighted by atomic mass is 16.5. The molecule has 0 bridgehead atoms. The van der Waals surface area contributed by atoms with Gasteiger partial charge in [0.15, 0.2) is 0 Å². The second kappa shape index (κ2) is 9.78.